The highest BCUT2D eigenvalue weighted by atomic mass is 16.2. The molecule has 3 atom stereocenters. The average molecular weight is 328 g/mol. The second-order valence-corrected chi connectivity index (χ2v) is 7.07. The van der Waals surface area contributed by atoms with E-state index in [1.165, 1.54) is 5.56 Å². The van der Waals surface area contributed by atoms with Gasteiger partial charge in [-0.3, -0.25) is 14.5 Å². The highest BCUT2D eigenvalue weighted by Crippen LogP contribution is 2.29. The number of nitrogens with one attached hydrogen (secondary N) is 1. The Morgan fingerprint density at radius 1 is 1.33 bits per heavy atom. The fraction of sp³-hybridized carbons (Fsp3) is 0.556. The number of carbonyl (C=O) groups excluding carboxylic acids is 2. The maximum Gasteiger partial charge on any atom is 0.237 e. The molecule has 0 spiro atoms. The molecule has 3 heterocycles. The summed E-state index contributed by atoms with van der Waals surface area (Å²) in [6, 6.07) is 8.28. The van der Waals surface area contributed by atoms with Crippen LogP contribution in [0.25, 0.3) is 0 Å². The van der Waals surface area contributed by atoms with Gasteiger partial charge in [0, 0.05) is 43.8 Å². The van der Waals surface area contributed by atoms with Gasteiger partial charge < -0.3 is 16.0 Å². The van der Waals surface area contributed by atoms with E-state index in [1.807, 2.05) is 23.1 Å². The molecule has 0 saturated carbocycles. The normalized spacial score (nSPS) is 29.3. The van der Waals surface area contributed by atoms with E-state index >= 15 is 0 Å². The van der Waals surface area contributed by atoms with Crippen molar-refractivity contribution in [1.29, 1.82) is 0 Å². The SMILES string of the molecule is NC1CC2C(=O)NCC(CCC(=O)N3CCc4ccccc43)N2C1. The van der Waals surface area contributed by atoms with Crippen LogP contribution < -0.4 is 16.0 Å². The summed E-state index contributed by atoms with van der Waals surface area (Å²) in [5.41, 5.74) is 8.34. The van der Waals surface area contributed by atoms with Crippen molar-refractivity contribution in [1.82, 2.24) is 10.2 Å². The van der Waals surface area contributed by atoms with Crippen LogP contribution in [0.3, 0.4) is 0 Å². The van der Waals surface area contributed by atoms with Crippen molar-refractivity contribution in [2.24, 2.45) is 5.73 Å². The first-order valence-corrected chi connectivity index (χ1v) is 8.81. The van der Waals surface area contributed by atoms with Crippen LogP contribution in [-0.2, 0) is 16.0 Å². The van der Waals surface area contributed by atoms with Gasteiger partial charge in [0.1, 0.15) is 0 Å². The maximum absolute atomic E-state index is 12.7. The lowest BCUT2D eigenvalue weighted by Crippen LogP contribution is -2.58. The monoisotopic (exact) mass is 328 g/mol. The third kappa shape index (κ3) is 2.70. The van der Waals surface area contributed by atoms with Gasteiger partial charge in [-0.05, 0) is 30.9 Å². The molecule has 0 aromatic heterocycles. The number of nitrogens with zero attached hydrogens (tertiary/aromatic N) is 2. The lowest BCUT2D eigenvalue weighted by atomic mass is 10.0. The van der Waals surface area contributed by atoms with Gasteiger partial charge in [0.2, 0.25) is 11.8 Å². The second kappa shape index (κ2) is 6.18. The molecule has 1 aromatic rings. The average Bonchev–Trinajstić information content (AvgIpc) is 3.18. The smallest absolute Gasteiger partial charge is 0.237 e. The fourth-order valence-corrected chi connectivity index (χ4v) is 4.30. The summed E-state index contributed by atoms with van der Waals surface area (Å²) in [5, 5.41) is 2.97. The first kappa shape index (κ1) is 15.6. The van der Waals surface area contributed by atoms with Gasteiger partial charge in [-0.25, -0.2) is 0 Å². The molecule has 3 N–H and O–H groups in total. The van der Waals surface area contributed by atoms with Gasteiger partial charge >= 0.3 is 0 Å². The Labute approximate surface area is 142 Å². The van der Waals surface area contributed by atoms with Gasteiger partial charge in [-0.15, -0.1) is 0 Å². The number of benzene rings is 1. The number of hydrogen-bond donors (Lipinski definition) is 2. The molecule has 3 aliphatic heterocycles. The van der Waals surface area contributed by atoms with Crippen LogP contribution in [0.4, 0.5) is 5.69 Å². The fourth-order valence-electron chi connectivity index (χ4n) is 4.30. The molecule has 3 aliphatic rings. The van der Waals surface area contributed by atoms with Gasteiger partial charge in [-0.1, -0.05) is 18.2 Å². The molecule has 128 valence electrons. The molecule has 24 heavy (non-hydrogen) atoms. The minimum Gasteiger partial charge on any atom is -0.353 e. The Bertz CT molecular complexity index is 662. The van der Waals surface area contributed by atoms with E-state index in [9.17, 15) is 9.59 Å². The topological polar surface area (TPSA) is 78.7 Å². The quantitative estimate of drug-likeness (QED) is 0.834. The highest BCUT2D eigenvalue weighted by molar-refractivity contribution is 5.95. The van der Waals surface area contributed by atoms with E-state index in [4.69, 9.17) is 5.73 Å². The van der Waals surface area contributed by atoms with Crippen molar-refractivity contribution >= 4 is 17.5 Å². The van der Waals surface area contributed by atoms with Crippen LogP contribution in [0, 0.1) is 0 Å². The number of rotatable bonds is 3. The summed E-state index contributed by atoms with van der Waals surface area (Å²) in [5.74, 6) is 0.260. The molecular formula is C18H24N4O2. The number of nitrogens with two attached hydrogens (primary N) is 1. The third-order valence-electron chi connectivity index (χ3n) is 5.53. The van der Waals surface area contributed by atoms with Crippen LogP contribution in [0.15, 0.2) is 24.3 Å². The number of fused-ring (bicyclic) bond motifs is 2. The first-order chi connectivity index (χ1) is 11.6. The van der Waals surface area contributed by atoms with Crippen molar-refractivity contribution in [3.63, 3.8) is 0 Å². The zero-order chi connectivity index (χ0) is 16.7. The molecular weight excluding hydrogens is 304 g/mol. The van der Waals surface area contributed by atoms with E-state index < -0.39 is 0 Å². The largest absolute Gasteiger partial charge is 0.353 e. The Hall–Kier alpha value is -1.92. The molecule has 2 amide bonds. The zero-order valence-corrected chi connectivity index (χ0v) is 13.8. The van der Waals surface area contributed by atoms with Gasteiger partial charge in [-0.2, -0.15) is 0 Å². The molecule has 2 fully saturated rings. The first-order valence-electron chi connectivity index (χ1n) is 8.81. The van der Waals surface area contributed by atoms with Crippen molar-refractivity contribution in [3.8, 4) is 0 Å². The van der Waals surface area contributed by atoms with Crippen LogP contribution >= 0.6 is 0 Å². The molecule has 0 bridgehead atoms. The Morgan fingerprint density at radius 2 is 2.17 bits per heavy atom. The Kier molecular flexibility index (Phi) is 4.02. The Balaban J connectivity index is 1.39. The van der Waals surface area contributed by atoms with Crippen molar-refractivity contribution in [2.45, 2.75) is 43.8 Å². The van der Waals surface area contributed by atoms with Crippen LogP contribution in [-0.4, -0.2) is 54.5 Å². The molecule has 6 heteroatoms. The molecule has 0 radical (unpaired) electrons. The minimum atomic E-state index is -0.110. The predicted molar refractivity (Wildman–Crippen MR) is 91.6 cm³/mol. The van der Waals surface area contributed by atoms with Crippen LogP contribution in [0.5, 0.6) is 0 Å². The summed E-state index contributed by atoms with van der Waals surface area (Å²) in [6.07, 6.45) is 2.93. The zero-order valence-electron chi connectivity index (χ0n) is 13.8. The lowest BCUT2D eigenvalue weighted by Gasteiger charge is -2.37. The standard InChI is InChI=1S/C18H24N4O2/c19-13-9-16-18(24)20-10-14(22(16)11-13)5-6-17(23)21-8-7-12-3-1-2-4-15(12)21/h1-4,13-14,16H,5-11,19H2,(H,20,24). The van der Waals surface area contributed by atoms with E-state index in [2.05, 4.69) is 16.3 Å². The molecule has 3 unspecified atom stereocenters. The van der Waals surface area contributed by atoms with E-state index in [1.54, 1.807) is 0 Å². The summed E-state index contributed by atoms with van der Waals surface area (Å²) in [7, 11) is 0. The van der Waals surface area contributed by atoms with E-state index in [0.717, 1.165) is 38.0 Å². The summed E-state index contributed by atoms with van der Waals surface area (Å²) in [4.78, 5) is 28.7. The maximum atomic E-state index is 12.7. The van der Waals surface area contributed by atoms with Crippen LogP contribution in [0.1, 0.15) is 24.8 Å². The summed E-state index contributed by atoms with van der Waals surface area (Å²) >= 11 is 0. The van der Waals surface area contributed by atoms with Gasteiger partial charge in [0.05, 0.1) is 6.04 Å². The minimum absolute atomic E-state index is 0.0579. The highest BCUT2D eigenvalue weighted by Gasteiger charge is 2.42. The lowest BCUT2D eigenvalue weighted by molar-refractivity contribution is -0.129. The molecule has 6 nitrogen and oxygen atoms in total. The Morgan fingerprint density at radius 3 is 3.04 bits per heavy atom. The van der Waals surface area contributed by atoms with Crippen molar-refractivity contribution in [2.75, 3.05) is 24.5 Å². The van der Waals surface area contributed by atoms with Crippen molar-refractivity contribution < 1.29 is 9.59 Å². The predicted octanol–water partition coefficient (Wildman–Crippen LogP) is 0.256. The second-order valence-electron chi connectivity index (χ2n) is 7.07. The van der Waals surface area contributed by atoms with Crippen LogP contribution in [0.2, 0.25) is 0 Å². The molecule has 0 aliphatic carbocycles. The van der Waals surface area contributed by atoms with E-state index in [-0.39, 0.29) is 29.9 Å². The van der Waals surface area contributed by atoms with Crippen molar-refractivity contribution in [3.05, 3.63) is 29.8 Å². The van der Waals surface area contributed by atoms with Gasteiger partial charge in [0.25, 0.3) is 0 Å². The number of hydrogen-bond acceptors (Lipinski definition) is 4. The number of amides is 2. The molecule has 1 aromatic carbocycles. The number of para-hydroxylation sites is 1. The number of anilines is 1. The van der Waals surface area contributed by atoms with Gasteiger partial charge in [0.15, 0.2) is 0 Å². The van der Waals surface area contributed by atoms with E-state index in [0.29, 0.717) is 13.0 Å². The summed E-state index contributed by atoms with van der Waals surface area (Å²) in [6.45, 7) is 2.15. The number of piperazine rings is 1. The summed E-state index contributed by atoms with van der Waals surface area (Å²) < 4.78 is 0. The molecule has 2 saturated heterocycles. The molecule has 4 rings (SSSR count). The third-order valence-corrected chi connectivity index (χ3v) is 5.53. The number of carbonyl (C=O) groups is 2.